The average molecular weight is 421 g/mol. The number of rotatable bonds is 5. The maximum atomic E-state index is 9.71. The van der Waals surface area contributed by atoms with Crippen LogP contribution in [-0.4, -0.2) is 20.5 Å². The molecule has 0 bridgehead atoms. The summed E-state index contributed by atoms with van der Waals surface area (Å²) in [6.45, 7) is 0. The standard InChI is InChI=1S/C26H19N3O3/c30-20-13-11-18(12-14-20)22-21(17-7-3-1-4-8-17)23(32-29-22)26(15-16-26)25-28-27-24(31-25)19-9-5-2-6-10-19/h1-14,30H,15-16H2. The molecule has 156 valence electrons. The van der Waals surface area contributed by atoms with E-state index in [9.17, 15) is 5.11 Å². The molecule has 1 aliphatic rings. The number of nitrogens with zero attached hydrogens (tertiary/aromatic N) is 3. The average Bonchev–Trinajstić information content (AvgIpc) is 3.29. The van der Waals surface area contributed by atoms with Crippen LogP contribution in [0, 0.1) is 0 Å². The van der Waals surface area contributed by atoms with E-state index in [1.54, 1.807) is 12.1 Å². The third-order valence-corrected chi connectivity index (χ3v) is 5.94. The summed E-state index contributed by atoms with van der Waals surface area (Å²) >= 11 is 0. The topological polar surface area (TPSA) is 85.2 Å². The van der Waals surface area contributed by atoms with Gasteiger partial charge in [0.2, 0.25) is 11.8 Å². The molecule has 1 N–H and O–H groups in total. The number of aromatic nitrogens is 3. The zero-order chi connectivity index (χ0) is 21.5. The van der Waals surface area contributed by atoms with Crippen molar-refractivity contribution in [3.05, 3.63) is 96.6 Å². The Hall–Kier alpha value is -4.19. The normalized spacial score (nSPS) is 14.4. The summed E-state index contributed by atoms with van der Waals surface area (Å²) < 4.78 is 12.1. The fraction of sp³-hybridized carbons (Fsp3) is 0.115. The minimum Gasteiger partial charge on any atom is -0.508 e. The van der Waals surface area contributed by atoms with Gasteiger partial charge in [-0.15, -0.1) is 10.2 Å². The molecule has 6 rings (SSSR count). The number of benzene rings is 3. The van der Waals surface area contributed by atoms with Crippen molar-refractivity contribution >= 4 is 0 Å². The first-order valence-electron chi connectivity index (χ1n) is 10.5. The van der Waals surface area contributed by atoms with Crippen LogP contribution in [0.4, 0.5) is 0 Å². The molecule has 0 saturated heterocycles. The summed E-state index contributed by atoms with van der Waals surface area (Å²) in [5.41, 5.74) is 3.89. The lowest BCUT2D eigenvalue weighted by molar-refractivity contribution is 0.345. The Labute approximate surface area is 184 Å². The highest BCUT2D eigenvalue weighted by Crippen LogP contribution is 2.57. The van der Waals surface area contributed by atoms with Gasteiger partial charge < -0.3 is 14.0 Å². The van der Waals surface area contributed by atoms with Crippen molar-refractivity contribution in [1.82, 2.24) is 15.4 Å². The predicted octanol–water partition coefficient (Wildman–Crippen LogP) is 5.84. The quantitative estimate of drug-likeness (QED) is 0.383. The monoisotopic (exact) mass is 421 g/mol. The Morgan fingerprint density at radius 2 is 1.38 bits per heavy atom. The van der Waals surface area contributed by atoms with E-state index >= 15 is 0 Å². The number of phenolic OH excluding ortho intramolecular Hbond substituents is 1. The summed E-state index contributed by atoms with van der Waals surface area (Å²) in [5.74, 6) is 1.97. The molecular weight excluding hydrogens is 402 g/mol. The van der Waals surface area contributed by atoms with Crippen molar-refractivity contribution in [2.24, 2.45) is 0 Å². The molecule has 1 saturated carbocycles. The van der Waals surface area contributed by atoms with Crippen molar-refractivity contribution in [1.29, 1.82) is 0 Å². The molecule has 2 aromatic heterocycles. The third-order valence-electron chi connectivity index (χ3n) is 5.94. The summed E-state index contributed by atoms with van der Waals surface area (Å²) in [6.07, 6.45) is 1.68. The van der Waals surface area contributed by atoms with Gasteiger partial charge in [0.05, 0.1) is 5.56 Å². The molecule has 2 heterocycles. The smallest absolute Gasteiger partial charge is 0.247 e. The van der Waals surface area contributed by atoms with Gasteiger partial charge in [-0.1, -0.05) is 53.7 Å². The Morgan fingerprint density at radius 3 is 2.03 bits per heavy atom. The van der Waals surface area contributed by atoms with Crippen molar-refractivity contribution in [2.45, 2.75) is 18.3 Å². The Kier molecular flexibility index (Phi) is 4.18. The Bertz CT molecular complexity index is 1370. The van der Waals surface area contributed by atoms with E-state index in [4.69, 9.17) is 8.94 Å². The molecule has 6 nitrogen and oxygen atoms in total. The molecular formula is C26H19N3O3. The van der Waals surface area contributed by atoms with Gasteiger partial charge in [0.15, 0.2) is 5.76 Å². The van der Waals surface area contributed by atoms with Crippen LogP contribution in [0.3, 0.4) is 0 Å². The van der Waals surface area contributed by atoms with E-state index in [2.05, 4.69) is 15.4 Å². The SMILES string of the molecule is Oc1ccc(-c2noc(C3(c4nnc(-c5ccccc5)o4)CC3)c2-c2ccccc2)cc1. The second-order valence-electron chi connectivity index (χ2n) is 8.01. The molecule has 1 fully saturated rings. The molecule has 0 atom stereocenters. The molecule has 5 aromatic rings. The molecule has 0 aliphatic heterocycles. The maximum absolute atomic E-state index is 9.71. The highest BCUT2D eigenvalue weighted by Gasteiger charge is 2.56. The van der Waals surface area contributed by atoms with Crippen LogP contribution in [-0.2, 0) is 5.41 Å². The van der Waals surface area contributed by atoms with Crippen LogP contribution in [0.15, 0.2) is 93.9 Å². The van der Waals surface area contributed by atoms with E-state index in [1.807, 2.05) is 72.8 Å². The lowest BCUT2D eigenvalue weighted by Gasteiger charge is -2.10. The fourth-order valence-corrected chi connectivity index (χ4v) is 4.08. The van der Waals surface area contributed by atoms with Crippen LogP contribution < -0.4 is 0 Å². The molecule has 0 spiro atoms. The van der Waals surface area contributed by atoms with Gasteiger partial charge in [-0.2, -0.15) is 0 Å². The van der Waals surface area contributed by atoms with E-state index in [0.29, 0.717) is 11.8 Å². The third kappa shape index (κ3) is 3.00. The molecule has 0 amide bonds. The van der Waals surface area contributed by atoms with Crippen LogP contribution in [0.2, 0.25) is 0 Å². The van der Waals surface area contributed by atoms with Crippen LogP contribution >= 0.6 is 0 Å². The summed E-state index contributed by atoms with van der Waals surface area (Å²) in [6, 6.07) is 26.8. The first-order chi connectivity index (χ1) is 15.7. The molecule has 6 heteroatoms. The first-order valence-corrected chi connectivity index (χ1v) is 10.5. The number of phenols is 1. The molecule has 1 aliphatic carbocycles. The largest absolute Gasteiger partial charge is 0.508 e. The second-order valence-corrected chi connectivity index (χ2v) is 8.01. The zero-order valence-electron chi connectivity index (χ0n) is 17.1. The van der Waals surface area contributed by atoms with Crippen molar-refractivity contribution in [3.63, 3.8) is 0 Å². The van der Waals surface area contributed by atoms with Gasteiger partial charge in [-0.3, -0.25) is 0 Å². The van der Waals surface area contributed by atoms with Crippen molar-refractivity contribution in [3.8, 4) is 39.6 Å². The highest BCUT2D eigenvalue weighted by molar-refractivity contribution is 5.83. The van der Waals surface area contributed by atoms with E-state index in [1.165, 1.54) is 0 Å². The second kappa shape index (κ2) is 7.20. The number of hydrogen-bond acceptors (Lipinski definition) is 6. The number of aromatic hydroxyl groups is 1. The Morgan fingerprint density at radius 1 is 0.719 bits per heavy atom. The van der Waals surface area contributed by atoms with Crippen molar-refractivity contribution in [2.75, 3.05) is 0 Å². The summed E-state index contributed by atoms with van der Waals surface area (Å²) in [4.78, 5) is 0. The van der Waals surface area contributed by atoms with Crippen LogP contribution in [0.25, 0.3) is 33.8 Å². The minimum atomic E-state index is -0.493. The van der Waals surface area contributed by atoms with Gasteiger partial charge in [0.25, 0.3) is 0 Å². The van der Waals surface area contributed by atoms with Gasteiger partial charge in [-0.05, 0) is 54.8 Å². The fourth-order valence-electron chi connectivity index (χ4n) is 4.08. The molecule has 0 radical (unpaired) electrons. The van der Waals surface area contributed by atoms with E-state index < -0.39 is 5.41 Å². The van der Waals surface area contributed by atoms with Crippen LogP contribution in [0.1, 0.15) is 24.5 Å². The van der Waals surface area contributed by atoms with Gasteiger partial charge >= 0.3 is 0 Å². The summed E-state index contributed by atoms with van der Waals surface area (Å²) in [5, 5.41) is 22.8. The highest BCUT2D eigenvalue weighted by atomic mass is 16.5. The maximum Gasteiger partial charge on any atom is 0.247 e. The molecule has 3 aromatic carbocycles. The molecule has 0 unspecified atom stereocenters. The lowest BCUT2D eigenvalue weighted by Crippen LogP contribution is -2.09. The van der Waals surface area contributed by atoms with Gasteiger partial charge in [0.1, 0.15) is 16.9 Å². The van der Waals surface area contributed by atoms with Gasteiger partial charge in [0, 0.05) is 11.1 Å². The lowest BCUT2D eigenvalue weighted by atomic mass is 9.92. The van der Waals surface area contributed by atoms with E-state index in [0.717, 1.165) is 46.5 Å². The summed E-state index contributed by atoms with van der Waals surface area (Å²) in [7, 11) is 0. The zero-order valence-corrected chi connectivity index (χ0v) is 17.1. The Balaban J connectivity index is 1.49. The first kappa shape index (κ1) is 18.6. The number of hydrogen-bond donors (Lipinski definition) is 1. The predicted molar refractivity (Wildman–Crippen MR) is 119 cm³/mol. The molecule has 32 heavy (non-hydrogen) atoms. The van der Waals surface area contributed by atoms with Gasteiger partial charge in [-0.25, -0.2) is 0 Å². The van der Waals surface area contributed by atoms with Crippen LogP contribution in [0.5, 0.6) is 5.75 Å². The van der Waals surface area contributed by atoms with Crippen molar-refractivity contribution < 1.29 is 14.0 Å². The minimum absolute atomic E-state index is 0.205. The van der Waals surface area contributed by atoms with E-state index in [-0.39, 0.29) is 5.75 Å².